The molecule has 5 nitrogen and oxygen atoms in total. The maximum atomic E-state index is 13.8. The highest BCUT2D eigenvalue weighted by atomic mass is 32.2. The number of sulfonamides is 1. The van der Waals surface area contributed by atoms with Crippen LogP contribution in [-0.4, -0.2) is 49.7 Å². The molecule has 1 atom stereocenters. The number of halogens is 1. The van der Waals surface area contributed by atoms with Crippen LogP contribution in [0.2, 0.25) is 0 Å². The van der Waals surface area contributed by atoms with E-state index in [4.69, 9.17) is 0 Å². The SMILES string of the molecule is CC(Cc1ccccc1F)C(=O)N1CCN(S(=O)(=O)c2cccs2)CC1. The summed E-state index contributed by atoms with van der Waals surface area (Å²) in [4.78, 5) is 14.3. The van der Waals surface area contributed by atoms with Crippen LogP contribution in [0, 0.1) is 11.7 Å². The molecule has 1 aliphatic rings. The molecule has 3 rings (SSSR count). The summed E-state index contributed by atoms with van der Waals surface area (Å²) in [6.45, 7) is 3.04. The highest BCUT2D eigenvalue weighted by Crippen LogP contribution is 2.23. The second-order valence-corrected chi connectivity index (χ2v) is 9.47. The van der Waals surface area contributed by atoms with Gasteiger partial charge in [-0.3, -0.25) is 4.79 Å². The summed E-state index contributed by atoms with van der Waals surface area (Å²) in [5.41, 5.74) is 0.521. The van der Waals surface area contributed by atoms with Crippen molar-refractivity contribution in [3.8, 4) is 0 Å². The van der Waals surface area contributed by atoms with Crippen LogP contribution in [0.25, 0.3) is 0 Å². The lowest BCUT2D eigenvalue weighted by Crippen LogP contribution is -2.51. The van der Waals surface area contributed by atoms with Crippen molar-refractivity contribution < 1.29 is 17.6 Å². The van der Waals surface area contributed by atoms with E-state index in [1.165, 1.54) is 21.7 Å². The Bertz CT molecular complexity index is 860. The summed E-state index contributed by atoms with van der Waals surface area (Å²) >= 11 is 1.19. The molecule has 1 aliphatic heterocycles. The van der Waals surface area contributed by atoms with Crippen molar-refractivity contribution >= 4 is 27.3 Å². The first-order chi connectivity index (χ1) is 12.4. The zero-order valence-corrected chi connectivity index (χ0v) is 16.1. The Balaban J connectivity index is 1.59. The normalized spacial score (nSPS) is 17.2. The molecule has 1 aromatic heterocycles. The van der Waals surface area contributed by atoms with Crippen molar-refractivity contribution in [3.63, 3.8) is 0 Å². The quantitative estimate of drug-likeness (QED) is 0.781. The third-order valence-electron chi connectivity index (χ3n) is 4.55. The number of thiophene rings is 1. The van der Waals surface area contributed by atoms with Crippen molar-refractivity contribution in [3.05, 3.63) is 53.2 Å². The number of rotatable bonds is 5. The summed E-state index contributed by atoms with van der Waals surface area (Å²) in [5, 5.41) is 1.73. The van der Waals surface area contributed by atoms with E-state index >= 15 is 0 Å². The van der Waals surface area contributed by atoms with Crippen LogP contribution in [0.3, 0.4) is 0 Å². The molecular formula is C18H21FN2O3S2. The number of nitrogens with zero attached hydrogens (tertiary/aromatic N) is 2. The molecule has 2 aromatic rings. The zero-order chi connectivity index (χ0) is 18.7. The first-order valence-corrected chi connectivity index (χ1v) is 10.8. The van der Waals surface area contributed by atoms with Gasteiger partial charge in [-0.05, 0) is 29.5 Å². The summed E-state index contributed by atoms with van der Waals surface area (Å²) in [6, 6.07) is 9.75. The molecule has 1 saturated heterocycles. The van der Waals surface area contributed by atoms with Gasteiger partial charge in [0.15, 0.2) is 0 Å². The van der Waals surface area contributed by atoms with E-state index in [1.54, 1.807) is 47.5 Å². The van der Waals surface area contributed by atoms with Crippen molar-refractivity contribution in [2.24, 2.45) is 5.92 Å². The lowest BCUT2D eigenvalue weighted by atomic mass is 9.99. The summed E-state index contributed by atoms with van der Waals surface area (Å²) < 4.78 is 40.6. The fraction of sp³-hybridized carbons (Fsp3) is 0.389. The molecule has 0 aliphatic carbocycles. The van der Waals surface area contributed by atoms with E-state index in [2.05, 4.69) is 0 Å². The topological polar surface area (TPSA) is 57.7 Å². The van der Waals surface area contributed by atoms with Crippen LogP contribution in [0.5, 0.6) is 0 Å². The minimum Gasteiger partial charge on any atom is -0.340 e. The predicted molar refractivity (Wildman–Crippen MR) is 98.9 cm³/mol. The first-order valence-electron chi connectivity index (χ1n) is 8.45. The number of piperazine rings is 1. The second-order valence-electron chi connectivity index (χ2n) is 6.36. The summed E-state index contributed by atoms with van der Waals surface area (Å²) in [6.07, 6.45) is 0.333. The van der Waals surface area contributed by atoms with Crippen LogP contribution in [0.15, 0.2) is 46.0 Å². The first kappa shape index (κ1) is 19.0. The molecule has 2 heterocycles. The summed E-state index contributed by atoms with van der Waals surface area (Å²) in [7, 11) is -3.48. The number of hydrogen-bond acceptors (Lipinski definition) is 4. The monoisotopic (exact) mass is 396 g/mol. The number of hydrogen-bond donors (Lipinski definition) is 0. The number of benzene rings is 1. The van der Waals surface area contributed by atoms with Gasteiger partial charge in [0.1, 0.15) is 10.0 Å². The van der Waals surface area contributed by atoms with Crippen LogP contribution in [0.4, 0.5) is 4.39 Å². The van der Waals surface area contributed by atoms with E-state index in [1.807, 2.05) is 0 Å². The zero-order valence-electron chi connectivity index (χ0n) is 14.5. The second kappa shape index (κ2) is 7.85. The Hall–Kier alpha value is -1.77. The van der Waals surface area contributed by atoms with Crippen molar-refractivity contribution in [2.45, 2.75) is 17.6 Å². The molecule has 0 bridgehead atoms. The molecule has 26 heavy (non-hydrogen) atoms. The minimum absolute atomic E-state index is 0.0681. The third-order valence-corrected chi connectivity index (χ3v) is 7.82. The van der Waals surface area contributed by atoms with E-state index in [0.29, 0.717) is 29.3 Å². The fourth-order valence-electron chi connectivity index (χ4n) is 3.08. The molecule has 0 spiro atoms. The van der Waals surface area contributed by atoms with Gasteiger partial charge >= 0.3 is 0 Å². The van der Waals surface area contributed by atoms with E-state index < -0.39 is 10.0 Å². The van der Waals surface area contributed by atoms with Crippen LogP contribution in [0.1, 0.15) is 12.5 Å². The Morgan fingerprint density at radius 1 is 1.15 bits per heavy atom. The van der Waals surface area contributed by atoms with Crippen LogP contribution in [-0.2, 0) is 21.2 Å². The fourth-order valence-corrected chi connectivity index (χ4v) is 5.65. The van der Waals surface area contributed by atoms with Gasteiger partial charge in [-0.2, -0.15) is 4.31 Å². The number of carbonyl (C=O) groups is 1. The third kappa shape index (κ3) is 3.97. The predicted octanol–water partition coefficient (Wildman–Crippen LogP) is 2.60. The van der Waals surface area contributed by atoms with Crippen molar-refractivity contribution in [1.29, 1.82) is 0 Å². The maximum absolute atomic E-state index is 13.8. The van der Waals surface area contributed by atoms with Crippen molar-refractivity contribution in [1.82, 2.24) is 9.21 Å². The Morgan fingerprint density at radius 2 is 1.85 bits per heavy atom. The van der Waals surface area contributed by atoms with Gasteiger partial charge in [0, 0.05) is 32.1 Å². The molecule has 0 saturated carbocycles. The molecular weight excluding hydrogens is 375 g/mol. The standard InChI is InChI=1S/C18H21FN2O3S2/c1-14(13-15-5-2-3-6-16(15)19)18(22)20-8-10-21(11-9-20)26(23,24)17-7-4-12-25-17/h2-7,12,14H,8-11,13H2,1H3. The molecule has 0 N–H and O–H groups in total. The largest absolute Gasteiger partial charge is 0.340 e. The van der Waals surface area contributed by atoms with Gasteiger partial charge in [-0.25, -0.2) is 12.8 Å². The maximum Gasteiger partial charge on any atom is 0.252 e. The lowest BCUT2D eigenvalue weighted by molar-refractivity contribution is -0.136. The highest BCUT2D eigenvalue weighted by molar-refractivity contribution is 7.91. The Morgan fingerprint density at radius 3 is 2.46 bits per heavy atom. The van der Waals surface area contributed by atoms with E-state index in [-0.39, 0.29) is 30.7 Å². The van der Waals surface area contributed by atoms with Crippen LogP contribution < -0.4 is 0 Å². The smallest absolute Gasteiger partial charge is 0.252 e. The average molecular weight is 397 g/mol. The van der Waals surface area contributed by atoms with Crippen molar-refractivity contribution in [2.75, 3.05) is 26.2 Å². The Kier molecular flexibility index (Phi) is 5.74. The van der Waals surface area contributed by atoms with Gasteiger partial charge in [-0.15, -0.1) is 11.3 Å². The van der Waals surface area contributed by atoms with E-state index in [9.17, 15) is 17.6 Å². The van der Waals surface area contributed by atoms with Gasteiger partial charge < -0.3 is 4.90 Å². The molecule has 1 amide bonds. The summed E-state index contributed by atoms with van der Waals surface area (Å²) in [5.74, 6) is -0.729. The molecule has 1 unspecified atom stereocenters. The van der Waals surface area contributed by atoms with Gasteiger partial charge in [-0.1, -0.05) is 31.2 Å². The number of amides is 1. The minimum atomic E-state index is -3.48. The lowest BCUT2D eigenvalue weighted by Gasteiger charge is -2.35. The highest BCUT2D eigenvalue weighted by Gasteiger charge is 2.32. The number of carbonyl (C=O) groups excluding carboxylic acids is 1. The van der Waals surface area contributed by atoms with E-state index in [0.717, 1.165) is 0 Å². The molecule has 1 aromatic carbocycles. The van der Waals surface area contributed by atoms with Crippen LogP contribution >= 0.6 is 11.3 Å². The molecule has 140 valence electrons. The molecule has 1 fully saturated rings. The average Bonchev–Trinajstić information content (AvgIpc) is 3.18. The Labute approximate surface area is 157 Å². The molecule has 8 heteroatoms. The van der Waals surface area contributed by atoms with Gasteiger partial charge in [0.25, 0.3) is 10.0 Å². The van der Waals surface area contributed by atoms with Gasteiger partial charge in [0.05, 0.1) is 0 Å². The molecule has 0 radical (unpaired) electrons. The van der Waals surface area contributed by atoms with Gasteiger partial charge in [0.2, 0.25) is 5.91 Å².